The lowest BCUT2D eigenvalue weighted by atomic mass is 10.1. The van der Waals surface area contributed by atoms with Crippen molar-refractivity contribution < 1.29 is 4.79 Å². The Bertz CT molecular complexity index is 887. The number of hydrogen-bond acceptors (Lipinski definition) is 5. The Balaban J connectivity index is 1.68. The molecule has 0 saturated heterocycles. The molecule has 0 radical (unpaired) electrons. The van der Waals surface area contributed by atoms with Gasteiger partial charge < -0.3 is 9.88 Å². The molecular weight excluding hydrogens is 346 g/mol. The van der Waals surface area contributed by atoms with Gasteiger partial charge in [-0.2, -0.15) is 0 Å². The number of rotatable bonds is 6. The van der Waals surface area contributed by atoms with Crippen molar-refractivity contribution in [2.45, 2.75) is 32.5 Å². The molecule has 2 heterocycles. The highest BCUT2D eigenvalue weighted by atomic mass is 32.2. The molecule has 0 fully saturated rings. The first-order valence-corrected chi connectivity index (χ1v) is 9.40. The summed E-state index contributed by atoms with van der Waals surface area (Å²) in [7, 11) is 0. The molecule has 3 aromatic rings. The van der Waals surface area contributed by atoms with Gasteiger partial charge in [-0.25, -0.2) is 0 Å². The summed E-state index contributed by atoms with van der Waals surface area (Å²) >= 11 is 1.38. The summed E-state index contributed by atoms with van der Waals surface area (Å²) in [6.07, 6.45) is 3.49. The fraction of sp³-hybridized carbons (Fsp3) is 0.263. The van der Waals surface area contributed by atoms with Gasteiger partial charge in [0.25, 0.3) is 0 Å². The third-order valence-corrected chi connectivity index (χ3v) is 4.76. The van der Waals surface area contributed by atoms with Gasteiger partial charge in [0.1, 0.15) is 0 Å². The molecule has 0 spiro atoms. The average molecular weight is 367 g/mol. The van der Waals surface area contributed by atoms with Crippen LogP contribution in [0.25, 0.3) is 11.4 Å². The van der Waals surface area contributed by atoms with E-state index in [1.165, 1.54) is 11.8 Å². The third-order valence-electron chi connectivity index (χ3n) is 3.79. The van der Waals surface area contributed by atoms with Crippen molar-refractivity contribution in [3.63, 3.8) is 0 Å². The maximum absolute atomic E-state index is 12.3. The molecule has 1 N–H and O–H groups in total. The first kappa shape index (κ1) is 18.1. The van der Waals surface area contributed by atoms with Crippen LogP contribution in [0.2, 0.25) is 0 Å². The highest BCUT2D eigenvalue weighted by Crippen LogP contribution is 2.23. The standard InChI is InChI=1S/C19H21N5OS/c1-4-24-18(15-6-5-7-20-11-15)22-23-19(24)26-12-17(25)21-16-9-13(2)8-14(3)10-16/h5-11H,4,12H2,1-3H3,(H,21,25). The molecule has 6 nitrogen and oxygen atoms in total. The van der Waals surface area contributed by atoms with E-state index in [1.807, 2.05) is 49.6 Å². The van der Waals surface area contributed by atoms with Crippen molar-refractivity contribution in [1.29, 1.82) is 0 Å². The smallest absolute Gasteiger partial charge is 0.234 e. The van der Waals surface area contributed by atoms with Crippen LogP contribution in [0.5, 0.6) is 0 Å². The van der Waals surface area contributed by atoms with Gasteiger partial charge in [0, 0.05) is 30.2 Å². The number of amides is 1. The Morgan fingerprint density at radius 2 is 1.96 bits per heavy atom. The number of nitrogens with zero attached hydrogens (tertiary/aromatic N) is 4. The lowest BCUT2D eigenvalue weighted by molar-refractivity contribution is -0.113. The maximum atomic E-state index is 12.3. The minimum atomic E-state index is -0.0615. The molecular formula is C19H21N5OS. The van der Waals surface area contributed by atoms with Crippen LogP contribution < -0.4 is 5.32 Å². The Hall–Kier alpha value is -2.67. The van der Waals surface area contributed by atoms with E-state index in [0.29, 0.717) is 0 Å². The minimum absolute atomic E-state index is 0.0615. The second kappa shape index (κ2) is 8.14. The fourth-order valence-corrected chi connectivity index (χ4v) is 3.57. The quantitative estimate of drug-likeness (QED) is 0.673. The second-order valence-electron chi connectivity index (χ2n) is 6.01. The largest absolute Gasteiger partial charge is 0.325 e. The molecule has 0 aliphatic rings. The van der Waals surface area contributed by atoms with Crippen molar-refractivity contribution in [1.82, 2.24) is 19.7 Å². The molecule has 0 bridgehead atoms. The Labute approximate surface area is 157 Å². The predicted octanol–water partition coefficient (Wildman–Crippen LogP) is 3.71. The van der Waals surface area contributed by atoms with Crippen molar-refractivity contribution >= 4 is 23.4 Å². The summed E-state index contributed by atoms with van der Waals surface area (Å²) < 4.78 is 1.99. The van der Waals surface area contributed by atoms with Crippen molar-refractivity contribution in [2.24, 2.45) is 0 Å². The zero-order valence-electron chi connectivity index (χ0n) is 15.1. The topological polar surface area (TPSA) is 72.7 Å². The number of thioether (sulfide) groups is 1. The van der Waals surface area contributed by atoms with Gasteiger partial charge in [0.15, 0.2) is 11.0 Å². The number of carbonyl (C=O) groups excluding carboxylic acids is 1. The molecule has 1 aromatic carbocycles. The summed E-state index contributed by atoms with van der Waals surface area (Å²) in [6, 6.07) is 9.82. The fourth-order valence-electron chi connectivity index (χ4n) is 2.76. The monoisotopic (exact) mass is 367 g/mol. The van der Waals surface area contributed by atoms with E-state index in [0.717, 1.165) is 39.9 Å². The predicted molar refractivity (Wildman–Crippen MR) is 104 cm³/mol. The second-order valence-corrected chi connectivity index (χ2v) is 6.95. The SMILES string of the molecule is CCn1c(SCC(=O)Nc2cc(C)cc(C)c2)nnc1-c1cccnc1. The molecule has 2 aromatic heterocycles. The van der Waals surface area contributed by atoms with E-state index in [9.17, 15) is 4.79 Å². The summed E-state index contributed by atoms with van der Waals surface area (Å²) in [5, 5.41) is 12.2. The zero-order valence-corrected chi connectivity index (χ0v) is 15.9. The maximum Gasteiger partial charge on any atom is 0.234 e. The van der Waals surface area contributed by atoms with Crippen molar-refractivity contribution in [3.8, 4) is 11.4 Å². The number of carbonyl (C=O) groups is 1. The number of benzene rings is 1. The summed E-state index contributed by atoms with van der Waals surface area (Å²) in [6.45, 7) is 6.78. The van der Waals surface area contributed by atoms with Gasteiger partial charge in [0.2, 0.25) is 5.91 Å². The van der Waals surface area contributed by atoms with Crippen LogP contribution in [-0.2, 0) is 11.3 Å². The Morgan fingerprint density at radius 1 is 1.19 bits per heavy atom. The zero-order chi connectivity index (χ0) is 18.5. The normalized spacial score (nSPS) is 10.7. The molecule has 0 atom stereocenters. The van der Waals surface area contributed by atoms with Crippen LogP contribution in [0.4, 0.5) is 5.69 Å². The van der Waals surface area contributed by atoms with Crippen LogP contribution in [0.3, 0.4) is 0 Å². The number of hydrogen-bond donors (Lipinski definition) is 1. The molecule has 7 heteroatoms. The number of anilines is 1. The van der Waals surface area contributed by atoms with Gasteiger partial charge in [-0.05, 0) is 56.2 Å². The molecule has 0 aliphatic heterocycles. The number of pyridine rings is 1. The van der Waals surface area contributed by atoms with Gasteiger partial charge in [-0.3, -0.25) is 9.78 Å². The highest BCUT2D eigenvalue weighted by Gasteiger charge is 2.14. The summed E-state index contributed by atoms with van der Waals surface area (Å²) in [5.41, 5.74) is 3.98. The van der Waals surface area contributed by atoms with Gasteiger partial charge in [-0.1, -0.05) is 17.8 Å². The first-order chi connectivity index (χ1) is 12.6. The van der Waals surface area contributed by atoms with Gasteiger partial charge in [-0.15, -0.1) is 10.2 Å². The van der Waals surface area contributed by atoms with E-state index in [2.05, 4.69) is 26.6 Å². The molecule has 26 heavy (non-hydrogen) atoms. The lowest BCUT2D eigenvalue weighted by Gasteiger charge is -2.09. The molecule has 3 rings (SSSR count). The number of nitrogens with one attached hydrogen (secondary N) is 1. The summed E-state index contributed by atoms with van der Waals surface area (Å²) in [5.74, 6) is 0.976. The van der Waals surface area contributed by atoms with Crippen LogP contribution in [-0.4, -0.2) is 31.4 Å². The molecule has 0 saturated carbocycles. The van der Waals surface area contributed by atoms with Gasteiger partial charge >= 0.3 is 0 Å². The third kappa shape index (κ3) is 4.29. The molecule has 0 unspecified atom stereocenters. The number of aryl methyl sites for hydroxylation is 2. The molecule has 1 amide bonds. The number of aromatic nitrogens is 4. The van der Waals surface area contributed by atoms with E-state index in [4.69, 9.17) is 0 Å². The first-order valence-electron chi connectivity index (χ1n) is 8.41. The highest BCUT2D eigenvalue weighted by molar-refractivity contribution is 7.99. The molecule has 0 aliphatic carbocycles. The lowest BCUT2D eigenvalue weighted by Crippen LogP contribution is -2.15. The minimum Gasteiger partial charge on any atom is -0.325 e. The van der Waals surface area contributed by atoms with Crippen LogP contribution in [0.1, 0.15) is 18.1 Å². The van der Waals surface area contributed by atoms with Gasteiger partial charge in [0.05, 0.1) is 5.75 Å². The average Bonchev–Trinajstić information content (AvgIpc) is 3.02. The summed E-state index contributed by atoms with van der Waals surface area (Å²) in [4.78, 5) is 16.4. The Kier molecular flexibility index (Phi) is 5.68. The van der Waals surface area contributed by atoms with Crippen LogP contribution in [0.15, 0.2) is 47.9 Å². The van der Waals surface area contributed by atoms with Crippen LogP contribution in [0, 0.1) is 13.8 Å². The van der Waals surface area contributed by atoms with Crippen molar-refractivity contribution in [3.05, 3.63) is 53.9 Å². The van der Waals surface area contributed by atoms with Crippen LogP contribution >= 0.6 is 11.8 Å². The Morgan fingerprint density at radius 3 is 2.62 bits per heavy atom. The molecule has 134 valence electrons. The van der Waals surface area contributed by atoms with E-state index >= 15 is 0 Å². The van der Waals surface area contributed by atoms with E-state index < -0.39 is 0 Å². The van der Waals surface area contributed by atoms with E-state index in [1.54, 1.807) is 12.4 Å². The van der Waals surface area contributed by atoms with E-state index in [-0.39, 0.29) is 11.7 Å². The van der Waals surface area contributed by atoms with Crippen molar-refractivity contribution in [2.75, 3.05) is 11.1 Å².